The zero-order chi connectivity index (χ0) is 12.6. The number of carbonyl (C=O) groups is 1. The SMILES string of the molecule is NS(=O)(=O)n1ccc(-n2cccc2)c1C(=O)O.[NaH]. The number of hydrogen-bond donors (Lipinski definition) is 2. The number of nitrogens with two attached hydrogens (primary N) is 1. The molecule has 0 saturated carbocycles. The molecule has 0 saturated heterocycles. The van der Waals surface area contributed by atoms with Crippen molar-refractivity contribution in [3.05, 3.63) is 42.5 Å². The average Bonchev–Trinajstić information content (AvgIpc) is 2.84. The first-order chi connectivity index (χ1) is 7.91. The molecule has 3 N–H and O–H groups in total. The van der Waals surface area contributed by atoms with Gasteiger partial charge in [0.2, 0.25) is 0 Å². The minimum absolute atomic E-state index is 0. The normalized spacial score (nSPS) is 10.9. The maximum absolute atomic E-state index is 11.2. The van der Waals surface area contributed by atoms with Gasteiger partial charge in [0.15, 0.2) is 5.69 Å². The first-order valence-electron chi connectivity index (χ1n) is 4.52. The summed E-state index contributed by atoms with van der Waals surface area (Å²) in [6.07, 6.45) is 4.32. The summed E-state index contributed by atoms with van der Waals surface area (Å²) in [4.78, 5) is 11.1. The zero-order valence-corrected chi connectivity index (χ0v) is 9.33. The summed E-state index contributed by atoms with van der Waals surface area (Å²) in [6.45, 7) is 0. The quantitative estimate of drug-likeness (QED) is 0.730. The van der Waals surface area contributed by atoms with Gasteiger partial charge >= 0.3 is 45.7 Å². The molecule has 0 aliphatic carbocycles. The van der Waals surface area contributed by atoms with Crippen LogP contribution < -0.4 is 5.14 Å². The van der Waals surface area contributed by atoms with Crippen LogP contribution in [0, 0.1) is 0 Å². The molecule has 0 aromatic carbocycles. The second-order valence-electron chi connectivity index (χ2n) is 3.29. The van der Waals surface area contributed by atoms with Crippen molar-refractivity contribution in [2.75, 3.05) is 0 Å². The van der Waals surface area contributed by atoms with Gasteiger partial charge in [0.25, 0.3) is 0 Å². The molecule has 0 radical (unpaired) electrons. The van der Waals surface area contributed by atoms with Crippen molar-refractivity contribution in [3.63, 3.8) is 0 Å². The molecule has 0 fully saturated rings. The molecule has 0 unspecified atom stereocenters. The van der Waals surface area contributed by atoms with E-state index in [4.69, 9.17) is 10.2 Å². The topological polar surface area (TPSA) is 107 Å². The average molecular weight is 279 g/mol. The van der Waals surface area contributed by atoms with Crippen molar-refractivity contribution in [1.29, 1.82) is 0 Å². The summed E-state index contributed by atoms with van der Waals surface area (Å²) in [5.74, 6) is -1.37. The molecule has 0 aliphatic rings. The van der Waals surface area contributed by atoms with Crippen LogP contribution in [0.3, 0.4) is 0 Å². The molecule has 0 atom stereocenters. The fourth-order valence-corrected chi connectivity index (χ4v) is 2.18. The van der Waals surface area contributed by atoms with Crippen LogP contribution in [0.1, 0.15) is 10.5 Å². The molecule has 7 nitrogen and oxygen atoms in total. The number of aromatic nitrogens is 2. The van der Waals surface area contributed by atoms with Gasteiger partial charge in [-0.1, -0.05) is 0 Å². The van der Waals surface area contributed by atoms with Crippen molar-refractivity contribution < 1.29 is 18.3 Å². The predicted molar refractivity (Wildman–Crippen MR) is 66.4 cm³/mol. The Morgan fingerprint density at radius 2 is 1.78 bits per heavy atom. The Bertz CT molecular complexity index is 660. The minimum atomic E-state index is -4.13. The second kappa shape index (κ2) is 5.29. The van der Waals surface area contributed by atoms with E-state index in [2.05, 4.69) is 0 Å². The maximum atomic E-state index is 11.2. The molecule has 9 heteroatoms. The molecule has 2 heterocycles. The summed E-state index contributed by atoms with van der Waals surface area (Å²) >= 11 is 0. The number of nitrogens with zero attached hydrogens (tertiary/aromatic N) is 2. The second-order valence-corrected chi connectivity index (χ2v) is 4.71. The van der Waals surface area contributed by atoms with Gasteiger partial charge in [-0.15, -0.1) is 0 Å². The van der Waals surface area contributed by atoms with Crippen LogP contribution in [0.5, 0.6) is 0 Å². The van der Waals surface area contributed by atoms with Crippen LogP contribution in [0.15, 0.2) is 36.8 Å². The number of rotatable bonds is 3. The summed E-state index contributed by atoms with van der Waals surface area (Å²) in [7, 11) is -4.13. The van der Waals surface area contributed by atoms with Gasteiger partial charge in [-0.3, -0.25) is 0 Å². The van der Waals surface area contributed by atoms with Crippen molar-refractivity contribution in [2.24, 2.45) is 5.14 Å². The molecule has 2 rings (SSSR count). The monoisotopic (exact) mass is 279 g/mol. The van der Waals surface area contributed by atoms with Crippen LogP contribution >= 0.6 is 0 Å². The van der Waals surface area contributed by atoms with Crippen molar-refractivity contribution in [3.8, 4) is 5.69 Å². The third kappa shape index (κ3) is 2.68. The first-order valence-corrected chi connectivity index (χ1v) is 6.03. The number of hydrogen-bond acceptors (Lipinski definition) is 3. The van der Waals surface area contributed by atoms with E-state index in [-0.39, 0.29) is 35.2 Å². The van der Waals surface area contributed by atoms with Crippen LogP contribution in [-0.4, -0.2) is 57.6 Å². The van der Waals surface area contributed by atoms with Crippen LogP contribution in [0.2, 0.25) is 0 Å². The number of aromatic carboxylic acids is 1. The summed E-state index contributed by atoms with van der Waals surface area (Å²) < 4.78 is 24.4. The Kier molecular flexibility index (Phi) is 4.41. The van der Waals surface area contributed by atoms with E-state index < -0.39 is 21.9 Å². The van der Waals surface area contributed by atoms with Crippen LogP contribution in [-0.2, 0) is 10.2 Å². The van der Waals surface area contributed by atoms with E-state index in [9.17, 15) is 13.2 Å². The van der Waals surface area contributed by atoms with Gasteiger partial charge in [-0.2, -0.15) is 8.42 Å². The number of carboxylic acid groups (broad SMARTS) is 1. The standard InChI is InChI=1S/C9H9N3O4S.Na.H/c10-17(15,16)12-6-3-7(8(12)9(13)14)11-4-1-2-5-11;;/h1-6H,(H,13,14)(H2,10,15,16);;. The van der Waals surface area contributed by atoms with Crippen LogP contribution in [0.4, 0.5) is 0 Å². The third-order valence-corrected chi connectivity index (χ3v) is 3.04. The molecule has 2 aromatic heterocycles. The van der Waals surface area contributed by atoms with Gasteiger partial charge in [-0.25, -0.2) is 13.9 Å². The third-order valence-electron chi connectivity index (χ3n) is 2.19. The zero-order valence-electron chi connectivity index (χ0n) is 8.52. The van der Waals surface area contributed by atoms with Crippen molar-refractivity contribution in [2.45, 2.75) is 0 Å². The Balaban J connectivity index is 0.00000162. The summed E-state index contributed by atoms with van der Waals surface area (Å²) in [5, 5.41) is 14.0. The number of carboxylic acids is 1. The van der Waals surface area contributed by atoms with E-state index >= 15 is 0 Å². The van der Waals surface area contributed by atoms with E-state index in [1.807, 2.05) is 0 Å². The van der Waals surface area contributed by atoms with E-state index in [1.54, 1.807) is 24.5 Å². The molecule has 0 amide bonds. The van der Waals surface area contributed by atoms with E-state index in [0.717, 1.165) is 6.20 Å². The Morgan fingerprint density at radius 1 is 1.22 bits per heavy atom. The molecule has 0 aliphatic heterocycles. The summed E-state index contributed by atoms with van der Waals surface area (Å²) in [6, 6.07) is 4.76. The van der Waals surface area contributed by atoms with E-state index in [1.165, 1.54) is 10.6 Å². The van der Waals surface area contributed by atoms with Crippen LogP contribution in [0.25, 0.3) is 5.69 Å². The molecule has 0 spiro atoms. The molecule has 92 valence electrons. The molecule has 18 heavy (non-hydrogen) atoms. The Labute approximate surface area is 125 Å². The predicted octanol–water partition coefficient (Wildman–Crippen LogP) is -0.620. The van der Waals surface area contributed by atoms with Gasteiger partial charge in [0.1, 0.15) is 0 Å². The molecular formula is C9H10N3NaO4S. The first kappa shape index (κ1) is 15.0. The fourth-order valence-electron chi connectivity index (χ4n) is 1.52. The van der Waals surface area contributed by atoms with Gasteiger partial charge in [-0.05, 0) is 18.2 Å². The van der Waals surface area contributed by atoms with Gasteiger partial charge in [0.05, 0.1) is 5.69 Å². The summed E-state index contributed by atoms with van der Waals surface area (Å²) in [5.41, 5.74) is -0.166. The van der Waals surface area contributed by atoms with E-state index in [0.29, 0.717) is 3.97 Å². The Hall–Kier alpha value is -1.06. The molecule has 2 aromatic rings. The van der Waals surface area contributed by atoms with Gasteiger partial charge < -0.3 is 9.67 Å². The Morgan fingerprint density at radius 3 is 2.22 bits per heavy atom. The van der Waals surface area contributed by atoms with Crippen molar-refractivity contribution in [1.82, 2.24) is 8.54 Å². The molecule has 0 bridgehead atoms. The van der Waals surface area contributed by atoms with Gasteiger partial charge in [0, 0.05) is 18.6 Å². The van der Waals surface area contributed by atoms with Crippen molar-refractivity contribution >= 4 is 45.7 Å². The molecular weight excluding hydrogens is 269 g/mol. The fraction of sp³-hybridized carbons (Fsp3) is 0.